The molecule has 1 N–H and O–H groups in total. The normalized spacial score (nSPS) is 10.0. The summed E-state index contributed by atoms with van der Waals surface area (Å²) in [5, 5.41) is 3.45. The predicted octanol–water partition coefficient (Wildman–Crippen LogP) is 3.20. The first-order valence-corrected chi connectivity index (χ1v) is 5.79. The van der Waals surface area contributed by atoms with Crippen LogP contribution in [0.15, 0.2) is 18.2 Å². The molecular formula is C12H17ClN2O. The molecule has 0 spiro atoms. The second kappa shape index (κ2) is 5.75. The Labute approximate surface area is 101 Å². The van der Waals surface area contributed by atoms with Gasteiger partial charge in [0.2, 0.25) is 0 Å². The van der Waals surface area contributed by atoms with Crippen molar-refractivity contribution in [2.24, 2.45) is 0 Å². The number of hydrogen-bond acceptors (Lipinski definition) is 1. The van der Waals surface area contributed by atoms with Crippen molar-refractivity contribution >= 4 is 23.3 Å². The maximum atomic E-state index is 11.7. The molecule has 1 rings (SSSR count). The molecule has 0 heterocycles. The summed E-state index contributed by atoms with van der Waals surface area (Å²) < 4.78 is 0. The first-order chi connectivity index (χ1) is 7.60. The molecule has 3 nitrogen and oxygen atoms in total. The average Bonchev–Trinajstić information content (AvgIpc) is 2.25. The van der Waals surface area contributed by atoms with Gasteiger partial charge in [-0.3, -0.25) is 4.90 Å². The van der Waals surface area contributed by atoms with Crippen LogP contribution in [0.1, 0.15) is 19.4 Å². The fourth-order valence-corrected chi connectivity index (χ4v) is 1.61. The van der Waals surface area contributed by atoms with E-state index in [1.165, 1.54) is 0 Å². The Hall–Kier alpha value is -1.22. The summed E-state index contributed by atoms with van der Waals surface area (Å²) in [4.78, 5) is 13.4. The monoisotopic (exact) mass is 240 g/mol. The molecule has 1 aromatic carbocycles. The van der Waals surface area contributed by atoms with E-state index in [1.54, 1.807) is 4.90 Å². The molecule has 0 aliphatic carbocycles. The number of nitrogens with zero attached hydrogens (tertiary/aromatic N) is 1. The first-order valence-electron chi connectivity index (χ1n) is 5.41. The van der Waals surface area contributed by atoms with E-state index >= 15 is 0 Å². The summed E-state index contributed by atoms with van der Waals surface area (Å²) in [5.74, 6) is 0. The van der Waals surface area contributed by atoms with Gasteiger partial charge in [-0.05, 0) is 38.5 Å². The highest BCUT2D eigenvalue weighted by atomic mass is 35.5. The molecule has 0 aliphatic rings. The summed E-state index contributed by atoms with van der Waals surface area (Å²) in [5.41, 5.74) is 1.83. The smallest absolute Gasteiger partial charge is 0.321 e. The van der Waals surface area contributed by atoms with E-state index in [2.05, 4.69) is 5.32 Å². The van der Waals surface area contributed by atoms with Gasteiger partial charge < -0.3 is 5.32 Å². The van der Waals surface area contributed by atoms with E-state index in [0.717, 1.165) is 11.3 Å². The Morgan fingerprint density at radius 3 is 2.62 bits per heavy atom. The Morgan fingerprint density at radius 1 is 1.44 bits per heavy atom. The topological polar surface area (TPSA) is 32.3 Å². The Kier molecular flexibility index (Phi) is 4.62. The molecule has 2 amide bonds. The van der Waals surface area contributed by atoms with Gasteiger partial charge in [-0.25, -0.2) is 4.79 Å². The fraction of sp³-hybridized carbons (Fsp3) is 0.417. The molecule has 0 fully saturated rings. The number of halogens is 1. The summed E-state index contributed by atoms with van der Waals surface area (Å²) in [6, 6.07) is 5.54. The largest absolute Gasteiger partial charge is 0.338 e. The van der Waals surface area contributed by atoms with Crippen molar-refractivity contribution in [1.82, 2.24) is 5.32 Å². The summed E-state index contributed by atoms with van der Waals surface area (Å²) in [6.45, 7) is 7.01. The van der Waals surface area contributed by atoms with Crippen molar-refractivity contribution in [2.45, 2.75) is 20.8 Å². The Balaban J connectivity index is 2.95. The molecule has 1 aromatic rings. The zero-order chi connectivity index (χ0) is 12.1. The predicted molar refractivity (Wildman–Crippen MR) is 68.3 cm³/mol. The average molecular weight is 241 g/mol. The molecular weight excluding hydrogens is 224 g/mol. The van der Waals surface area contributed by atoms with Gasteiger partial charge in [0, 0.05) is 23.8 Å². The molecule has 0 saturated heterocycles. The van der Waals surface area contributed by atoms with Gasteiger partial charge in [0.15, 0.2) is 0 Å². The summed E-state index contributed by atoms with van der Waals surface area (Å²) in [7, 11) is 0. The molecule has 0 unspecified atom stereocenters. The fourth-order valence-electron chi connectivity index (χ4n) is 1.44. The van der Waals surface area contributed by atoms with Gasteiger partial charge in [0.05, 0.1) is 0 Å². The van der Waals surface area contributed by atoms with Crippen LogP contribution in [0.5, 0.6) is 0 Å². The third-order valence-corrected chi connectivity index (χ3v) is 2.76. The Bertz CT molecular complexity index is 379. The van der Waals surface area contributed by atoms with E-state index < -0.39 is 0 Å². The van der Waals surface area contributed by atoms with Crippen molar-refractivity contribution in [3.8, 4) is 0 Å². The van der Waals surface area contributed by atoms with Crippen LogP contribution in [0.2, 0.25) is 5.02 Å². The maximum Gasteiger partial charge on any atom is 0.321 e. The SMILES string of the molecule is CCNC(=O)N(CC)c1ccc(C)c(Cl)c1. The van der Waals surface area contributed by atoms with E-state index in [1.807, 2.05) is 39.0 Å². The number of hydrogen-bond donors (Lipinski definition) is 1. The number of rotatable bonds is 3. The standard InChI is InChI=1S/C12H17ClN2O/c1-4-14-12(16)15(5-2)10-7-6-9(3)11(13)8-10/h6-8H,4-5H2,1-3H3,(H,14,16). The molecule has 0 radical (unpaired) electrons. The number of anilines is 1. The van der Waals surface area contributed by atoms with Crippen molar-refractivity contribution < 1.29 is 4.79 Å². The molecule has 0 aliphatic heterocycles. The van der Waals surface area contributed by atoms with Crippen LogP contribution >= 0.6 is 11.6 Å². The van der Waals surface area contributed by atoms with E-state index in [4.69, 9.17) is 11.6 Å². The van der Waals surface area contributed by atoms with Crippen LogP contribution < -0.4 is 10.2 Å². The van der Waals surface area contributed by atoms with Gasteiger partial charge in [-0.15, -0.1) is 0 Å². The van der Waals surface area contributed by atoms with Crippen molar-refractivity contribution in [3.05, 3.63) is 28.8 Å². The third-order valence-electron chi connectivity index (χ3n) is 2.36. The minimum atomic E-state index is -0.0927. The quantitative estimate of drug-likeness (QED) is 0.865. The lowest BCUT2D eigenvalue weighted by Gasteiger charge is -2.21. The number of benzene rings is 1. The molecule has 16 heavy (non-hydrogen) atoms. The van der Waals surface area contributed by atoms with Gasteiger partial charge in [-0.1, -0.05) is 17.7 Å². The van der Waals surface area contributed by atoms with Crippen LogP contribution in [0, 0.1) is 6.92 Å². The summed E-state index contributed by atoms with van der Waals surface area (Å²) >= 11 is 6.04. The van der Waals surface area contributed by atoms with E-state index in [-0.39, 0.29) is 6.03 Å². The lowest BCUT2D eigenvalue weighted by molar-refractivity contribution is 0.247. The first kappa shape index (κ1) is 12.8. The van der Waals surface area contributed by atoms with Crippen LogP contribution in [0.3, 0.4) is 0 Å². The minimum Gasteiger partial charge on any atom is -0.338 e. The molecule has 0 saturated carbocycles. The highest BCUT2D eigenvalue weighted by Crippen LogP contribution is 2.23. The van der Waals surface area contributed by atoms with Gasteiger partial charge in [0.25, 0.3) is 0 Å². The van der Waals surface area contributed by atoms with Crippen LogP contribution in [0.4, 0.5) is 10.5 Å². The molecule has 0 atom stereocenters. The van der Waals surface area contributed by atoms with E-state index in [0.29, 0.717) is 18.1 Å². The summed E-state index contributed by atoms with van der Waals surface area (Å²) in [6.07, 6.45) is 0. The maximum absolute atomic E-state index is 11.7. The van der Waals surface area contributed by atoms with Crippen LogP contribution in [0.25, 0.3) is 0 Å². The molecule has 0 aromatic heterocycles. The second-order valence-electron chi connectivity index (χ2n) is 3.51. The minimum absolute atomic E-state index is 0.0927. The highest BCUT2D eigenvalue weighted by molar-refractivity contribution is 6.31. The second-order valence-corrected chi connectivity index (χ2v) is 3.92. The van der Waals surface area contributed by atoms with Crippen LogP contribution in [-0.4, -0.2) is 19.1 Å². The number of urea groups is 1. The molecule has 4 heteroatoms. The zero-order valence-corrected chi connectivity index (χ0v) is 10.6. The Morgan fingerprint density at radius 2 is 2.12 bits per heavy atom. The number of carbonyl (C=O) groups excluding carboxylic acids is 1. The van der Waals surface area contributed by atoms with Gasteiger partial charge >= 0.3 is 6.03 Å². The molecule has 0 bridgehead atoms. The van der Waals surface area contributed by atoms with Crippen molar-refractivity contribution in [1.29, 1.82) is 0 Å². The number of amides is 2. The van der Waals surface area contributed by atoms with Crippen molar-refractivity contribution in [3.63, 3.8) is 0 Å². The lowest BCUT2D eigenvalue weighted by atomic mass is 10.2. The number of carbonyl (C=O) groups is 1. The van der Waals surface area contributed by atoms with Gasteiger partial charge in [-0.2, -0.15) is 0 Å². The van der Waals surface area contributed by atoms with Crippen LogP contribution in [-0.2, 0) is 0 Å². The van der Waals surface area contributed by atoms with Crippen molar-refractivity contribution in [2.75, 3.05) is 18.0 Å². The highest BCUT2D eigenvalue weighted by Gasteiger charge is 2.13. The van der Waals surface area contributed by atoms with E-state index in [9.17, 15) is 4.79 Å². The number of nitrogens with one attached hydrogen (secondary N) is 1. The number of aryl methyl sites for hydroxylation is 1. The zero-order valence-electron chi connectivity index (χ0n) is 9.88. The van der Waals surface area contributed by atoms with Gasteiger partial charge in [0.1, 0.15) is 0 Å². The lowest BCUT2D eigenvalue weighted by Crippen LogP contribution is -2.39. The third kappa shape index (κ3) is 2.89. The molecule has 88 valence electrons.